The van der Waals surface area contributed by atoms with Crippen molar-refractivity contribution in [3.05, 3.63) is 12.2 Å². The highest BCUT2D eigenvalue weighted by Gasteiger charge is 2.23. The van der Waals surface area contributed by atoms with Crippen LogP contribution in [0.3, 0.4) is 0 Å². The summed E-state index contributed by atoms with van der Waals surface area (Å²) >= 11 is 0. The minimum atomic E-state index is -0.547. The second-order valence-corrected chi connectivity index (χ2v) is 2.82. The maximum atomic E-state index is 11.2. The Hall–Kier alpha value is -0.910. The summed E-state index contributed by atoms with van der Waals surface area (Å²) in [4.78, 5) is 11.2. The van der Waals surface area contributed by atoms with Gasteiger partial charge in [0.05, 0.1) is 32.0 Å². The van der Waals surface area contributed by atoms with E-state index in [1.165, 1.54) is 0 Å². The molecule has 0 aromatic heterocycles. The molecule has 80 valence electrons. The summed E-state index contributed by atoms with van der Waals surface area (Å²) in [6.45, 7) is 4.67. The van der Waals surface area contributed by atoms with Gasteiger partial charge in [-0.2, -0.15) is 0 Å². The number of ether oxygens (including phenoxy) is 3. The van der Waals surface area contributed by atoms with Crippen LogP contribution in [0, 0.1) is 0 Å². The zero-order valence-electron chi connectivity index (χ0n) is 7.90. The quantitative estimate of drug-likeness (QED) is 0.491. The topological polar surface area (TPSA) is 65.0 Å². The summed E-state index contributed by atoms with van der Waals surface area (Å²) in [6.07, 6.45) is -0.421. The third kappa shape index (κ3) is 3.10. The zero-order valence-corrected chi connectivity index (χ0v) is 7.90. The third-order valence-corrected chi connectivity index (χ3v) is 1.79. The average molecular weight is 202 g/mol. The predicted octanol–water partition coefficient (Wildman–Crippen LogP) is -0.507. The van der Waals surface area contributed by atoms with E-state index in [1.54, 1.807) is 0 Å². The Kier molecular flexibility index (Phi) is 4.58. The Morgan fingerprint density at radius 1 is 1.57 bits per heavy atom. The first kappa shape index (κ1) is 11.2. The Labute approximate surface area is 82.3 Å². The molecule has 1 N–H and O–H groups in total. The summed E-state index contributed by atoms with van der Waals surface area (Å²) in [5.41, 5.74) is 0.234. The van der Waals surface area contributed by atoms with E-state index >= 15 is 0 Å². The SMILES string of the molecule is C=C(C(=O)OCCO)C1COCCO1. The highest BCUT2D eigenvalue weighted by molar-refractivity contribution is 5.88. The fourth-order valence-corrected chi connectivity index (χ4v) is 1.05. The van der Waals surface area contributed by atoms with E-state index < -0.39 is 12.1 Å². The minimum absolute atomic E-state index is 0.0224. The van der Waals surface area contributed by atoms with Crippen molar-refractivity contribution in [1.82, 2.24) is 0 Å². The lowest BCUT2D eigenvalue weighted by atomic mass is 10.2. The first-order valence-corrected chi connectivity index (χ1v) is 4.42. The molecule has 0 amide bonds. The summed E-state index contributed by atoms with van der Waals surface area (Å²) in [5.74, 6) is -0.547. The lowest BCUT2D eigenvalue weighted by Gasteiger charge is -2.23. The molecule has 0 aliphatic carbocycles. The van der Waals surface area contributed by atoms with Crippen LogP contribution in [0.2, 0.25) is 0 Å². The molecular formula is C9H14O5. The van der Waals surface area contributed by atoms with Crippen LogP contribution in [0.15, 0.2) is 12.2 Å². The monoisotopic (exact) mass is 202 g/mol. The summed E-state index contributed by atoms with van der Waals surface area (Å²) in [5, 5.41) is 8.44. The molecule has 0 aromatic rings. The van der Waals surface area contributed by atoms with Crippen LogP contribution in [-0.2, 0) is 19.0 Å². The van der Waals surface area contributed by atoms with E-state index in [4.69, 9.17) is 14.6 Å². The van der Waals surface area contributed by atoms with E-state index in [1.807, 2.05) is 0 Å². The zero-order chi connectivity index (χ0) is 10.4. The van der Waals surface area contributed by atoms with E-state index in [2.05, 4.69) is 11.3 Å². The maximum absolute atomic E-state index is 11.2. The van der Waals surface area contributed by atoms with E-state index in [9.17, 15) is 4.79 Å². The summed E-state index contributed by atoms with van der Waals surface area (Å²) in [6, 6.07) is 0. The maximum Gasteiger partial charge on any atom is 0.336 e. The molecule has 0 radical (unpaired) electrons. The highest BCUT2D eigenvalue weighted by atomic mass is 16.6. The molecular weight excluding hydrogens is 188 g/mol. The van der Waals surface area contributed by atoms with Gasteiger partial charge in [-0.3, -0.25) is 0 Å². The van der Waals surface area contributed by atoms with Gasteiger partial charge in [0.25, 0.3) is 0 Å². The molecule has 0 spiro atoms. The molecule has 0 bridgehead atoms. The molecule has 1 rings (SSSR count). The van der Waals surface area contributed by atoms with Crippen molar-refractivity contribution in [2.45, 2.75) is 6.10 Å². The Morgan fingerprint density at radius 2 is 2.36 bits per heavy atom. The molecule has 1 heterocycles. The largest absolute Gasteiger partial charge is 0.460 e. The number of rotatable bonds is 4. The van der Waals surface area contributed by atoms with Crippen molar-refractivity contribution in [3.63, 3.8) is 0 Å². The number of hydrogen-bond donors (Lipinski definition) is 1. The summed E-state index contributed by atoms with van der Waals surface area (Å²) < 4.78 is 15.0. The van der Waals surface area contributed by atoms with Gasteiger partial charge in [-0.1, -0.05) is 6.58 Å². The lowest BCUT2D eigenvalue weighted by molar-refractivity contribution is -0.144. The van der Waals surface area contributed by atoms with Gasteiger partial charge < -0.3 is 19.3 Å². The second-order valence-electron chi connectivity index (χ2n) is 2.82. The van der Waals surface area contributed by atoms with Gasteiger partial charge in [-0.15, -0.1) is 0 Å². The third-order valence-electron chi connectivity index (χ3n) is 1.79. The predicted molar refractivity (Wildman–Crippen MR) is 47.7 cm³/mol. The molecule has 5 heteroatoms. The van der Waals surface area contributed by atoms with Gasteiger partial charge in [0.2, 0.25) is 0 Å². The number of carbonyl (C=O) groups excluding carboxylic acids is 1. The van der Waals surface area contributed by atoms with E-state index in [-0.39, 0.29) is 18.8 Å². The number of aliphatic hydroxyl groups excluding tert-OH is 1. The normalized spacial score (nSPS) is 21.6. The molecule has 1 fully saturated rings. The van der Waals surface area contributed by atoms with E-state index in [0.29, 0.717) is 19.8 Å². The highest BCUT2D eigenvalue weighted by Crippen LogP contribution is 2.11. The molecule has 1 aliphatic heterocycles. The van der Waals surface area contributed by atoms with Crippen LogP contribution in [-0.4, -0.2) is 50.2 Å². The fraction of sp³-hybridized carbons (Fsp3) is 0.667. The Balaban J connectivity index is 2.34. The van der Waals surface area contributed by atoms with Crippen molar-refractivity contribution in [2.24, 2.45) is 0 Å². The van der Waals surface area contributed by atoms with E-state index in [0.717, 1.165) is 0 Å². The molecule has 1 aliphatic rings. The smallest absolute Gasteiger partial charge is 0.336 e. The molecule has 1 unspecified atom stereocenters. The minimum Gasteiger partial charge on any atom is -0.460 e. The first-order valence-electron chi connectivity index (χ1n) is 4.42. The number of aliphatic hydroxyl groups is 1. The van der Waals surface area contributed by atoms with Gasteiger partial charge in [-0.25, -0.2) is 4.79 Å². The number of esters is 1. The van der Waals surface area contributed by atoms with Crippen LogP contribution >= 0.6 is 0 Å². The van der Waals surface area contributed by atoms with Gasteiger partial charge in [0, 0.05) is 0 Å². The molecule has 0 aromatic carbocycles. The number of carbonyl (C=O) groups is 1. The standard InChI is InChI=1S/C9H14O5/c1-7(9(11)14-3-2-10)8-6-12-4-5-13-8/h8,10H,1-6H2. The van der Waals surface area contributed by atoms with Gasteiger partial charge in [-0.05, 0) is 0 Å². The molecule has 1 atom stereocenters. The van der Waals surface area contributed by atoms with Crippen LogP contribution in [0.1, 0.15) is 0 Å². The lowest BCUT2D eigenvalue weighted by Crippen LogP contribution is -2.33. The van der Waals surface area contributed by atoms with Crippen LogP contribution in [0.25, 0.3) is 0 Å². The van der Waals surface area contributed by atoms with Crippen molar-refractivity contribution < 1.29 is 24.1 Å². The first-order chi connectivity index (χ1) is 6.75. The van der Waals surface area contributed by atoms with Gasteiger partial charge in [0.15, 0.2) is 0 Å². The molecule has 5 nitrogen and oxygen atoms in total. The fourth-order valence-electron chi connectivity index (χ4n) is 1.05. The van der Waals surface area contributed by atoms with Gasteiger partial charge >= 0.3 is 5.97 Å². The Bertz CT molecular complexity index is 207. The van der Waals surface area contributed by atoms with Crippen molar-refractivity contribution in [2.75, 3.05) is 33.0 Å². The number of hydrogen-bond acceptors (Lipinski definition) is 5. The molecule has 14 heavy (non-hydrogen) atoms. The second kappa shape index (κ2) is 5.74. The average Bonchev–Trinajstić information content (AvgIpc) is 2.26. The van der Waals surface area contributed by atoms with Gasteiger partial charge in [0.1, 0.15) is 12.7 Å². The van der Waals surface area contributed by atoms with Crippen molar-refractivity contribution in [1.29, 1.82) is 0 Å². The van der Waals surface area contributed by atoms with Crippen LogP contribution in [0.4, 0.5) is 0 Å². The van der Waals surface area contributed by atoms with Crippen molar-refractivity contribution >= 4 is 5.97 Å². The van der Waals surface area contributed by atoms with Crippen LogP contribution < -0.4 is 0 Å². The van der Waals surface area contributed by atoms with Crippen molar-refractivity contribution in [3.8, 4) is 0 Å². The molecule has 1 saturated heterocycles. The Morgan fingerprint density at radius 3 is 2.93 bits per heavy atom. The molecule has 0 saturated carbocycles. The van der Waals surface area contributed by atoms with Crippen LogP contribution in [0.5, 0.6) is 0 Å². The summed E-state index contributed by atoms with van der Waals surface area (Å²) in [7, 11) is 0.